The van der Waals surface area contributed by atoms with E-state index in [1.165, 1.54) is 24.3 Å². The Balaban J connectivity index is 1.84. The van der Waals surface area contributed by atoms with Crippen LogP contribution in [0.3, 0.4) is 0 Å². The van der Waals surface area contributed by atoms with E-state index in [0.29, 0.717) is 33.8 Å². The lowest BCUT2D eigenvalue weighted by Gasteiger charge is -2.14. The maximum Gasteiger partial charge on any atom is 0.294 e. The Hall–Kier alpha value is -3.70. The Morgan fingerprint density at radius 1 is 1.00 bits per heavy atom. The summed E-state index contributed by atoms with van der Waals surface area (Å²) in [5, 5.41) is 23.8. The zero-order valence-electron chi connectivity index (χ0n) is 20.8. The van der Waals surface area contributed by atoms with E-state index < -0.39 is 21.8 Å². The normalized spacial score (nSPS) is 11.7. The van der Waals surface area contributed by atoms with Crippen molar-refractivity contribution in [2.24, 2.45) is 10.2 Å². The van der Waals surface area contributed by atoms with Crippen molar-refractivity contribution in [2.45, 2.75) is 25.2 Å². The molecule has 12 heteroatoms. The number of halogens is 2. The molecule has 9 nitrogen and oxygen atoms in total. The Morgan fingerprint density at radius 2 is 1.72 bits per heavy atom. The number of carbonyl (C=O) groups excluding carboxylic acids is 1. The molecule has 0 aliphatic rings. The zero-order valence-corrected chi connectivity index (χ0v) is 23.1. The Morgan fingerprint density at radius 3 is 2.41 bits per heavy atom. The molecule has 0 bridgehead atoms. The summed E-state index contributed by atoms with van der Waals surface area (Å²) in [6, 6.07) is 15.6. The van der Waals surface area contributed by atoms with Crippen LogP contribution in [-0.4, -0.2) is 30.6 Å². The fourth-order valence-corrected chi connectivity index (χ4v) is 5.22. The molecule has 0 heterocycles. The standard InChI is InChI=1S/C27H23Cl2N3O6S/c1-3-17-23(39(35,36)37)12-10-20(29)24(17)31-32-25-18-8-6-5-7-15(18)13-19(26(25)33)27(34)30-21-14-16(28)9-11-22(21)38-4-2/h5-14,33H,3-4H2,1-2H3,(H,30,34)(H,35,36,37). The number of aromatic hydroxyl groups is 1. The molecule has 0 spiro atoms. The molecular weight excluding hydrogens is 565 g/mol. The summed E-state index contributed by atoms with van der Waals surface area (Å²) in [6.07, 6.45) is 0.168. The van der Waals surface area contributed by atoms with Crippen molar-refractivity contribution in [3.8, 4) is 11.5 Å². The molecule has 4 aromatic rings. The van der Waals surface area contributed by atoms with E-state index >= 15 is 0 Å². The summed E-state index contributed by atoms with van der Waals surface area (Å²) in [6.45, 7) is 3.83. The highest BCUT2D eigenvalue weighted by molar-refractivity contribution is 7.85. The van der Waals surface area contributed by atoms with Crippen molar-refractivity contribution in [3.63, 3.8) is 0 Å². The van der Waals surface area contributed by atoms with E-state index in [9.17, 15) is 22.9 Å². The first kappa shape index (κ1) is 28.3. The Bertz CT molecular complexity index is 1720. The predicted molar refractivity (Wildman–Crippen MR) is 151 cm³/mol. The highest BCUT2D eigenvalue weighted by Gasteiger charge is 2.22. The molecule has 0 aliphatic carbocycles. The minimum atomic E-state index is -4.55. The first-order valence-electron chi connectivity index (χ1n) is 11.7. The lowest BCUT2D eigenvalue weighted by molar-refractivity contribution is 0.102. The van der Waals surface area contributed by atoms with Gasteiger partial charge in [-0.05, 0) is 55.1 Å². The third kappa shape index (κ3) is 5.99. The van der Waals surface area contributed by atoms with Gasteiger partial charge in [0.2, 0.25) is 0 Å². The van der Waals surface area contributed by atoms with Crippen LogP contribution in [0, 0.1) is 0 Å². The molecule has 0 fully saturated rings. The fraction of sp³-hybridized carbons (Fsp3) is 0.148. The lowest BCUT2D eigenvalue weighted by atomic mass is 10.0. The average Bonchev–Trinajstić information content (AvgIpc) is 2.89. The van der Waals surface area contributed by atoms with Crippen molar-refractivity contribution in [1.29, 1.82) is 0 Å². The van der Waals surface area contributed by atoms with E-state index in [-0.39, 0.29) is 38.8 Å². The van der Waals surface area contributed by atoms with Gasteiger partial charge in [-0.1, -0.05) is 54.4 Å². The second-order valence-electron chi connectivity index (χ2n) is 8.27. The molecule has 3 N–H and O–H groups in total. The molecule has 0 aromatic heterocycles. The van der Waals surface area contributed by atoms with Gasteiger partial charge in [-0.2, -0.15) is 8.42 Å². The van der Waals surface area contributed by atoms with Crippen LogP contribution in [0.15, 0.2) is 75.8 Å². The third-order valence-corrected chi connectivity index (χ3v) is 7.28. The number of carbonyl (C=O) groups is 1. The molecule has 0 atom stereocenters. The van der Waals surface area contributed by atoms with Crippen LogP contribution in [0.4, 0.5) is 17.1 Å². The number of nitrogens with one attached hydrogen (secondary N) is 1. The Labute approximate surface area is 234 Å². The summed E-state index contributed by atoms with van der Waals surface area (Å²) in [5.74, 6) is -0.718. The van der Waals surface area contributed by atoms with E-state index in [0.717, 1.165) is 0 Å². The second kappa shape index (κ2) is 11.6. The number of phenolic OH excluding ortho intramolecular Hbond substituents is 1. The number of anilines is 1. The summed E-state index contributed by atoms with van der Waals surface area (Å²) in [4.78, 5) is 13.0. The van der Waals surface area contributed by atoms with E-state index in [2.05, 4.69) is 15.5 Å². The van der Waals surface area contributed by atoms with Crippen molar-refractivity contribution in [1.82, 2.24) is 0 Å². The summed E-state index contributed by atoms with van der Waals surface area (Å²) in [7, 11) is -4.55. The number of hydrogen-bond donors (Lipinski definition) is 3. The molecule has 0 saturated heterocycles. The van der Waals surface area contributed by atoms with E-state index in [4.69, 9.17) is 27.9 Å². The first-order chi connectivity index (χ1) is 18.5. The number of phenols is 1. The zero-order chi connectivity index (χ0) is 28.3. The van der Waals surface area contributed by atoms with Gasteiger partial charge in [-0.3, -0.25) is 9.35 Å². The van der Waals surface area contributed by atoms with Gasteiger partial charge in [0.1, 0.15) is 17.1 Å². The number of benzene rings is 4. The lowest BCUT2D eigenvalue weighted by Crippen LogP contribution is -2.13. The summed E-state index contributed by atoms with van der Waals surface area (Å²) in [5.41, 5.74) is 0.332. The van der Waals surface area contributed by atoms with Crippen LogP contribution in [0.1, 0.15) is 29.8 Å². The van der Waals surface area contributed by atoms with Gasteiger partial charge in [-0.25, -0.2) is 0 Å². The highest BCUT2D eigenvalue weighted by atomic mass is 35.5. The second-order valence-corrected chi connectivity index (χ2v) is 10.5. The molecule has 4 rings (SSSR count). The maximum atomic E-state index is 13.3. The van der Waals surface area contributed by atoms with Crippen LogP contribution in [-0.2, 0) is 16.5 Å². The maximum absolute atomic E-state index is 13.3. The van der Waals surface area contributed by atoms with Crippen LogP contribution < -0.4 is 10.1 Å². The van der Waals surface area contributed by atoms with Gasteiger partial charge in [0, 0.05) is 16.0 Å². The topological polar surface area (TPSA) is 138 Å². The monoisotopic (exact) mass is 587 g/mol. The minimum absolute atomic E-state index is 0.00732. The van der Waals surface area contributed by atoms with Gasteiger partial charge >= 0.3 is 0 Å². The number of amides is 1. The van der Waals surface area contributed by atoms with Crippen LogP contribution >= 0.6 is 23.2 Å². The quantitative estimate of drug-likeness (QED) is 0.142. The number of fused-ring (bicyclic) bond motifs is 1. The summed E-state index contributed by atoms with van der Waals surface area (Å²) < 4.78 is 38.9. The molecule has 39 heavy (non-hydrogen) atoms. The van der Waals surface area contributed by atoms with Gasteiger partial charge in [0.25, 0.3) is 16.0 Å². The van der Waals surface area contributed by atoms with Crippen molar-refractivity contribution in [3.05, 3.63) is 81.8 Å². The molecule has 0 unspecified atom stereocenters. The van der Waals surface area contributed by atoms with Gasteiger partial charge in [0.05, 0.1) is 27.8 Å². The largest absolute Gasteiger partial charge is 0.505 e. The third-order valence-electron chi connectivity index (χ3n) is 5.80. The number of rotatable bonds is 8. The number of ether oxygens (including phenoxy) is 1. The number of azo groups is 1. The minimum Gasteiger partial charge on any atom is -0.505 e. The van der Waals surface area contributed by atoms with Crippen molar-refractivity contribution < 1.29 is 27.6 Å². The van der Waals surface area contributed by atoms with Gasteiger partial charge in [-0.15, -0.1) is 10.2 Å². The first-order valence-corrected chi connectivity index (χ1v) is 13.9. The van der Waals surface area contributed by atoms with Crippen LogP contribution in [0.25, 0.3) is 10.8 Å². The molecule has 0 saturated carbocycles. The summed E-state index contributed by atoms with van der Waals surface area (Å²) >= 11 is 12.4. The molecular formula is C27H23Cl2N3O6S. The average molecular weight is 588 g/mol. The molecule has 0 radical (unpaired) electrons. The molecule has 4 aromatic carbocycles. The van der Waals surface area contributed by atoms with Crippen LogP contribution in [0.2, 0.25) is 10.0 Å². The van der Waals surface area contributed by atoms with Crippen LogP contribution in [0.5, 0.6) is 11.5 Å². The molecule has 202 valence electrons. The van der Waals surface area contributed by atoms with E-state index in [1.807, 2.05) is 0 Å². The smallest absolute Gasteiger partial charge is 0.294 e. The highest BCUT2D eigenvalue weighted by Crippen LogP contribution is 2.42. The predicted octanol–water partition coefficient (Wildman–Crippen LogP) is 7.73. The fourth-order valence-electron chi connectivity index (χ4n) is 4.04. The van der Waals surface area contributed by atoms with E-state index in [1.54, 1.807) is 50.2 Å². The molecule has 1 amide bonds. The number of hydrogen-bond acceptors (Lipinski definition) is 7. The number of nitrogens with zero attached hydrogens (tertiary/aromatic N) is 2. The molecule has 0 aliphatic heterocycles. The van der Waals surface area contributed by atoms with Crippen molar-refractivity contribution >= 4 is 67.1 Å². The van der Waals surface area contributed by atoms with Gasteiger partial charge < -0.3 is 15.2 Å². The Kier molecular flexibility index (Phi) is 8.41. The van der Waals surface area contributed by atoms with Gasteiger partial charge in [0.15, 0.2) is 5.75 Å². The van der Waals surface area contributed by atoms with Crippen molar-refractivity contribution in [2.75, 3.05) is 11.9 Å². The SMILES string of the molecule is CCOc1ccc(Cl)cc1NC(=O)c1cc2ccccc2c(N=Nc2c(Cl)ccc(S(=O)(=O)O)c2CC)c1O.